The van der Waals surface area contributed by atoms with Crippen molar-refractivity contribution in [2.45, 2.75) is 33.1 Å². The van der Waals surface area contributed by atoms with Crippen LogP contribution >= 0.6 is 0 Å². The highest BCUT2D eigenvalue weighted by molar-refractivity contribution is 6.21. The summed E-state index contributed by atoms with van der Waals surface area (Å²) in [7, 11) is 0. The SMILES string of the molecule is CCCc1c(CC)c2ccc3c(c4ccccc4n3-c3ccccc3)c2n1-c1ccccc1. The maximum absolute atomic E-state index is 2.54. The van der Waals surface area contributed by atoms with Crippen LogP contribution in [-0.2, 0) is 12.8 Å². The molecule has 6 rings (SSSR count). The summed E-state index contributed by atoms with van der Waals surface area (Å²) in [4.78, 5) is 0. The smallest absolute Gasteiger partial charge is 0.0634 e. The Labute approximate surface area is 194 Å². The van der Waals surface area contributed by atoms with Gasteiger partial charge in [-0.25, -0.2) is 0 Å². The van der Waals surface area contributed by atoms with Crippen molar-refractivity contribution >= 4 is 32.7 Å². The number of rotatable bonds is 5. The lowest BCUT2D eigenvalue weighted by molar-refractivity contribution is 0.836. The van der Waals surface area contributed by atoms with E-state index in [0.717, 1.165) is 19.3 Å². The van der Waals surface area contributed by atoms with E-state index in [2.05, 4.69) is 120 Å². The molecule has 0 unspecified atom stereocenters. The predicted octanol–water partition coefficient (Wildman–Crippen LogP) is 8.24. The molecule has 0 N–H and O–H groups in total. The number of fused-ring (bicyclic) bond motifs is 5. The van der Waals surface area contributed by atoms with Crippen molar-refractivity contribution in [3.05, 3.63) is 108 Å². The number of hydrogen-bond acceptors (Lipinski definition) is 0. The molecule has 0 aliphatic rings. The quantitative estimate of drug-likeness (QED) is 0.262. The van der Waals surface area contributed by atoms with Crippen LogP contribution in [-0.4, -0.2) is 9.13 Å². The fourth-order valence-electron chi connectivity index (χ4n) is 5.55. The zero-order valence-corrected chi connectivity index (χ0v) is 19.3. The minimum atomic E-state index is 1.04. The molecular weight excluding hydrogens is 400 g/mol. The van der Waals surface area contributed by atoms with Crippen LogP contribution in [0.3, 0.4) is 0 Å². The van der Waals surface area contributed by atoms with E-state index in [0.29, 0.717) is 0 Å². The average Bonchev–Trinajstić information content (AvgIpc) is 3.37. The zero-order valence-electron chi connectivity index (χ0n) is 19.3. The normalized spacial score (nSPS) is 11.7. The standard InChI is InChI=1S/C31H28N2/c1-3-13-27-24(4-2)25-20-21-29-30(31(25)33(27)23-16-9-6-10-17-23)26-18-11-12-19-28(26)32(29)22-14-7-5-8-15-22/h5-12,14-21H,3-4,13H2,1-2H3. The molecule has 0 saturated heterocycles. The molecule has 4 aromatic carbocycles. The van der Waals surface area contributed by atoms with Gasteiger partial charge in [-0.15, -0.1) is 0 Å². The Hall–Kier alpha value is -3.78. The highest BCUT2D eigenvalue weighted by atomic mass is 15.0. The molecule has 33 heavy (non-hydrogen) atoms. The van der Waals surface area contributed by atoms with Gasteiger partial charge in [-0.3, -0.25) is 0 Å². The zero-order chi connectivity index (χ0) is 22.4. The van der Waals surface area contributed by atoms with Crippen LogP contribution in [0.25, 0.3) is 44.1 Å². The first-order valence-corrected chi connectivity index (χ1v) is 12.0. The molecule has 2 heteroatoms. The summed E-state index contributed by atoms with van der Waals surface area (Å²) in [6.45, 7) is 4.57. The first-order valence-electron chi connectivity index (χ1n) is 12.0. The second-order valence-corrected chi connectivity index (χ2v) is 8.74. The van der Waals surface area contributed by atoms with Crippen LogP contribution in [0.2, 0.25) is 0 Å². The van der Waals surface area contributed by atoms with Gasteiger partial charge < -0.3 is 9.13 Å². The summed E-state index contributed by atoms with van der Waals surface area (Å²) in [6, 6.07) is 35.1. The van der Waals surface area contributed by atoms with Gasteiger partial charge >= 0.3 is 0 Å². The molecule has 0 radical (unpaired) electrons. The molecule has 0 saturated carbocycles. The minimum absolute atomic E-state index is 1.04. The third-order valence-electron chi connectivity index (χ3n) is 6.85. The molecule has 2 nitrogen and oxygen atoms in total. The van der Waals surface area contributed by atoms with Crippen molar-refractivity contribution in [3.63, 3.8) is 0 Å². The maximum Gasteiger partial charge on any atom is 0.0634 e. The summed E-state index contributed by atoms with van der Waals surface area (Å²) in [5, 5.41) is 4.03. The Bertz CT molecular complexity index is 1580. The summed E-state index contributed by atoms with van der Waals surface area (Å²) < 4.78 is 4.96. The van der Waals surface area contributed by atoms with Crippen molar-refractivity contribution in [2.24, 2.45) is 0 Å². The van der Waals surface area contributed by atoms with Crippen molar-refractivity contribution < 1.29 is 0 Å². The third kappa shape index (κ3) is 2.94. The van der Waals surface area contributed by atoms with Crippen LogP contribution in [0.15, 0.2) is 97.1 Å². The van der Waals surface area contributed by atoms with Crippen molar-refractivity contribution in [1.29, 1.82) is 0 Å². The van der Waals surface area contributed by atoms with Gasteiger partial charge in [-0.05, 0) is 54.8 Å². The second-order valence-electron chi connectivity index (χ2n) is 8.74. The molecule has 0 fully saturated rings. The van der Waals surface area contributed by atoms with Crippen molar-refractivity contribution in [1.82, 2.24) is 9.13 Å². The van der Waals surface area contributed by atoms with Crippen LogP contribution in [0.5, 0.6) is 0 Å². The molecule has 0 atom stereocenters. The number of hydrogen-bond donors (Lipinski definition) is 0. The lowest BCUT2D eigenvalue weighted by atomic mass is 10.0. The molecule has 162 valence electrons. The summed E-state index contributed by atoms with van der Waals surface area (Å²) in [6.07, 6.45) is 3.24. The van der Waals surface area contributed by atoms with Gasteiger partial charge in [0.25, 0.3) is 0 Å². The second kappa shape index (κ2) is 7.97. The van der Waals surface area contributed by atoms with Gasteiger partial charge in [0.15, 0.2) is 0 Å². The number of aromatic nitrogens is 2. The Morgan fingerprint density at radius 1 is 0.576 bits per heavy atom. The third-order valence-corrected chi connectivity index (χ3v) is 6.85. The van der Waals surface area contributed by atoms with E-state index in [-0.39, 0.29) is 0 Å². The molecular formula is C31H28N2. The fourth-order valence-corrected chi connectivity index (χ4v) is 5.55. The van der Waals surface area contributed by atoms with Crippen molar-refractivity contribution in [2.75, 3.05) is 0 Å². The monoisotopic (exact) mass is 428 g/mol. The average molecular weight is 429 g/mol. The molecule has 0 spiro atoms. The summed E-state index contributed by atoms with van der Waals surface area (Å²) in [5.41, 5.74) is 9.22. The largest absolute Gasteiger partial charge is 0.313 e. The van der Waals surface area contributed by atoms with Crippen LogP contribution in [0.4, 0.5) is 0 Å². The molecule has 0 aliphatic carbocycles. The Kier molecular flexibility index (Phi) is 4.80. The molecule has 2 heterocycles. The topological polar surface area (TPSA) is 9.86 Å². The number of para-hydroxylation sites is 3. The highest BCUT2D eigenvalue weighted by Gasteiger charge is 2.22. The molecule has 6 aromatic rings. The Balaban J connectivity index is 1.86. The van der Waals surface area contributed by atoms with E-state index in [4.69, 9.17) is 0 Å². The van der Waals surface area contributed by atoms with E-state index in [1.807, 2.05) is 0 Å². The van der Waals surface area contributed by atoms with Gasteiger partial charge in [-0.1, -0.05) is 80.9 Å². The van der Waals surface area contributed by atoms with Crippen molar-refractivity contribution in [3.8, 4) is 11.4 Å². The lowest BCUT2D eigenvalue weighted by Gasteiger charge is -2.12. The predicted molar refractivity (Wildman–Crippen MR) is 141 cm³/mol. The molecule has 0 amide bonds. The van der Waals surface area contributed by atoms with E-state index in [9.17, 15) is 0 Å². The van der Waals surface area contributed by atoms with E-state index < -0.39 is 0 Å². The van der Waals surface area contributed by atoms with Gasteiger partial charge in [0.1, 0.15) is 0 Å². The van der Waals surface area contributed by atoms with Crippen LogP contribution < -0.4 is 0 Å². The van der Waals surface area contributed by atoms with Gasteiger partial charge in [0, 0.05) is 33.2 Å². The van der Waals surface area contributed by atoms with Crippen LogP contribution in [0, 0.1) is 0 Å². The number of aryl methyl sites for hydroxylation is 1. The maximum atomic E-state index is 2.54. The Morgan fingerprint density at radius 3 is 1.88 bits per heavy atom. The fraction of sp³-hybridized carbons (Fsp3) is 0.161. The Morgan fingerprint density at radius 2 is 1.21 bits per heavy atom. The van der Waals surface area contributed by atoms with Gasteiger partial charge in [-0.2, -0.15) is 0 Å². The first kappa shape index (κ1) is 19.9. The number of nitrogens with zero attached hydrogens (tertiary/aromatic N) is 2. The molecule has 0 aliphatic heterocycles. The van der Waals surface area contributed by atoms with E-state index in [1.165, 1.54) is 55.3 Å². The first-order chi connectivity index (χ1) is 16.3. The van der Waals surface area contributed by atoms with E-state index >= 15 is 0 Å². The number of benzene rings is 4. The highest BCUT2D eigenvalue weighted by Crippen LogP contribution is 2.41. The van der Waals surface area contributed by atoms with Crippen LogP contribution in [0.1, 0.15) is 31.5 Å². The lowest BCUT2D eigenvalue weighted by Crippen LogP contribution is -2.02. The summed E-state index contributed by atoms with van der Waals surface area (Å²) >= 11 is 0. The van der Waals surface area contributed by atoms with Gasteiger partial charge in [0.2, 0.25) is 0 Å². The molecule has 2 aromatic heterocycles. The minimum Gasteiger partial charge on any atom is -0.313 e. The van der Waals surface area contributed by atoms with E-state index in [1.54, 1.807) is 0 Å². The molecule has 0 bridgehead atoms. The summed E-state index contributed by atoms with van der Waals surface area (Å²) in [5.74, 6) is 0. The van der Waals surface area contributed by atoms with Gasteiger partial charge in [0.05, 0.1) is 16.6 Å².